The van der Waals surface area contributed by atoms with Crippen LogP contribution < -0.4 is 4.89 Å². The van der Waals surface area contributed by atoms with Crippen molar-refractivity contribution in [1.82, 2.24) is 0 Å². The van der Waals surface area contributed by atoms with Crippen LogP contribution in [0.25, 0.3) is 0 Å². The summed E-state index contributed by atoms with van der Waals surface area (Å²) in [4.78, 5) is 38.7. The van der Waals surface area contributed by atoms with E-state index in [1.165, 1.54) is 102 Å². The first-order chi connectivity index (χ1) is 28.9. The number of nitrogens with zero attached hydrogens (tertiary/aromatic N) is 1. The van der Waals surface area contributed by atoms with E-state index in [0.717, 1.165) is 61.7 Å². The highest BCUT2D eigenvalue weighted by atomic mass is 31.2. The molecule has 61 heavy (non-hydrogen) atoms. The number of esters is 1. The third-order valence-electron chi connectivity index (χ3n) is 15.6. The molecule has 354 valence electrons. The smallest absolute Gasteiger partial charge is 0.509 e. The molecule has 0 spiro atoms. The molecular weight excluding hydrogens is 790 g/mol. The Hall–Kier alpha value is -1.45. The number of fused-ring (bicyclic) bond motifs is 5. The molecule has 4 rings (SSSR count). The number of hydrogen-bond donors (Lipinski definition) is 0. The highest BCUT2D eigenvalue weighted by Gasteiger charge is 2.59. The Morgan fingerprint density at radius 3 is 2.16 bits per heavy atom. The third-order valence-corrected chi connectivity index (χ3v) is 16.6. The molecule has 3 fully saturated rings. The summed E-state index contributed by atoms with van der Waals surface area (Å²) in [6.45, 7) is 14.1. The van der Waals surface area contributed by atoms with Gasteiger partial charge in [-0.15, -0.1) is 0 Å². The summed E-state index contributed by atoms with van der Waals surface area (Å²) in [7, 11) is 1.09. The first-order valence-corrected chi connectivity index (χ1v) is 26.5. The van der Waals surface area contributed by atoms with Crippen molar-refractivity contribution in [3.63, 3.8) is 0 Å². The second kappa shape index (κ2) is 24.7. The molecule has 0 saturated heterocycles. The predicted octanol–water partition coefficient (Wildman–Crippen LogP) is 12.4. The topological polar surface area (TPSA) is 120 Å². The SMILES string of the molecule is CCCCCCCCCCCCCC(=O)OC[C@@H](COP(=O)([O-])OCC[N+](C)(C)C)OC(=O)O[C@H]1CC[C@@]2(C)C(=CC[C@H]3[C@@H]4CC[C@H]([C@H](C)CCCC(C)C)[C@@]4(C)CC[C@@H]32)C1. The molecule has 0 aromatic rings. The zero-order valence-corrected chi connectivity index (χ0v) is 41.3. The number of quaternary nitrogens is 1. The van der Waals surface area contributed by atoms with Crippen molar-refractivity contribution < 1.29 is 46.8 Å². The summed E-state index contributed by atoms with van der Waals surface area (Å²) in [6, 6.07) is 0. The van der Waals surface area contributed by atoms with Gasteiger partial charge in [-0.1, -0.05) is 137 Å². The Labute approximate surface area is 372 Å². The van der Waals surface area contributed by atoms with Gasteiger partial charge in [-0.25, -0.2) is 4.79 Å². The Balaban J connectivity index is 1.27. The van der Waals surface area contributed by atoms with Crippen LogP contribution in [0.3, 0.4) is 0 Å². The van der Waals surface area contributed by atoms with Crippen molar-refractivity contribution in [2.75, 3.05) is 47.5 Å². The van der Waals surface area contributed by atoms with Crippen LogP contribution in [0.15, 0.2) is 11.6 Å². The highest BCUT2D eigenvalue weighted by molar-refractivity contribution is 7.45. The number of phosphoric ester groups is 1. The largest absolute Gasteiger partial charge is 0.756 e. The Kier molecular flexibility index (Phi) is 21.2. The van der Waals surface area contributed by atoms with Crippen LogP contribution in [0.4, 0.5) is 4.79 Å². The number of allylic oxidation sites excluding steroid dienone is 1. The van der Waals surface area contributed by atoms with E-state index in [4.69, 9.17) is 23.3 Å². The molecular formula is C50H90NO9P. The maximum atomic E-state index is 13.3. The van der Waals surface area contributed by atoms with E-state index >= 15 is 0 Å². The number of ether oxygens (including phenoxy) is 3. The number of hydrogen-bond acceptors (Lipinski definition) is 9. The van der Waals surface area contributed by atoms with Crippen LogP contribution >= 0.6 is 7.82 Å². The van der Waals surface area contributed by atoms with Gasteiger partial charge in [0, 0.05) is 12.8 Å². The van der Waals surface area contributed by atoms with Gasteiger partial charge in [0.15, 0.2) is 6.10 Å². The monoisotopic (exact) mass is 880 g/mol. The first-order valence-electron chi connectivity index (χ1n) is 25.0. The van der Waals surface area contributed by atoms with E-state index in [9.17, 15) is 19.0 Å². The summed E-state index contributed by atoms with van der Waals surface area (Å²) in [5.74, 6) is 4.13. The minimum Gasteiger partial charge on any atom is -0.756 e. The molecule has 10 atom stereocenters. The number of carbonyl (C=O) groups is 2. The summed E-state index contributed by atoms with van der Waals surface area (Å²) in [5.41, 5.74) is 1.95. The van der Waals surface area contributed by atoms with Crippen molar-refractivity contribution in [2.24, 2.45) is 46.3 Å². The lowest BCUT2D eigenvalue weighted by molar-refractivity contribution is -0.870. The molecule has 1 unspecified atom stereocenters. The lowest BCUT2D eigenvalue weighted by Crippen LogP contribution is -2.51. The van der Waals surface area contributed by atoms with Crippen molar-refractivity contribution in [2.45, 2.75) is 201 Å². The van der Waals surface area contributed by atoms with Crippen molar-refractivity contribution in [1.29, 1.82) is 0 Å². The van der Waals surface area contributed by atoms with Crippen LogP contribution in [0.1, 0.15) is 189 Å². The summed E-state index contributed by atoms with van der Waals surface area (Å²) in [6.07, 6.45) is 26.1. The Morgan fingerprint density at radius 1 is 0.836 bits per heavy atom. The first kappa shape index (κ1) is 52.2. The minimum absolute atomic E-state index is 0.0535. The molecule has 4 aliphatic carbocycles. The van der Waals surface area contributed by atoms with E-state index < -0.39 is 32.7 Å². The van der Waals surface area contributed by atoms with E-state index in [1.54, 1.807) is 0 Å². The van der Waals surface area contributed by atoms with Crippen LogP contribution in [0.2, 0.25) is 0 Å². The quantitative estimate of drug-likeness (QED) is 0.0249. The van der Waals surface area contributed by atoms with Crippen molar-refractivity contribution in [3.05, 3.63) is 11.6 Å². The fraction of sp³-hybridized carbons (Fsp3) is 0.920. The number of unbranched alkanes of at least 4 members (excludes halogenated alkanes) is 10. The Morgan fingerprint density at radius 2 is 1.51 bits per heavy atom. The van der Waals surface area contributed by atoms with Crippen molar-refractivity contribution in [3.8, 4) is 0 Å². The van der Waals surface area contributed by atoms with Gasteiger partial charge in [-0.2, -0.15) is 0 Å². The molecule has 0 bridgehead atoms. The van der Waals surface area contributed by atoms with Gasteiger partial charge in [-0.3, -0.25) is 9.36 Å². The summed E-state index contributed by atoms with van der Waals surface area (Å²) in [5, 5.41) is 0. The second-order valence-corrected chi connectivity index (χ2v) is 23.2. The van der Waals surface area contributed by atoms with E-state index in [-0.39, 0.29) is 31.2 Å². The lowest BCUT2D eigenvalue weighted by atomic mass is 9.47. The highest BCUT2D eigenvalue weighted by Crippen LogP contribution is 2.67. The van der Waals surface area contributed by atoms with Gasteiger partial charge in [0.1, 0.15) is 25.9 Å². The standard InChI is InChI=1S/C50H90NO9P/c1-10-11-12-13-14-15-16-17-18-19-20-24-47(52)56-36-42(37-58-61(54,55)57-34-33-51(7,8)9)60-48(53)59-41-29-31-49(5)40(35-41)25-26-43-45-28-27-44(39(4)23-21-22-38(2)3)50(45,6)32-30-46(43)49/h25,38-39,41-46H,10-24,26-37H2,1-9H3/t39-,41+,42+,43+,44-,45+,46+,49+,50-/m1/s1. The van der Waals surface area contributed by atoms with E-state index in [0.29, 0.717) is 35.2 Å². The van der Waals surface area contributed by atoms with E-state index in [2.05, 4.69) is 47.6 Å². The number of phosphoric acid groups is 1. The fourth-order valence-electron chi connectivity index (χ4n) is 12.0. The van der Waals surface area contributed by atoms with E-state index in [1.807, 2.05) is 21.1 Å². The second-order valence-electron chi connectivity index (χ2n) is 21.8. The molecule has 0 amide bonds. The normalized spacial score (nSPS) is 29.4. The molecule has 0 N–H and O–H groups in total. The van der Waals surface area contributed by atoms with Gasteiger partial charge >= 0.3 is 12.1 Å². The summed E-state index contributed by atoms with van der Waals surface area (Å²) >= 11 is 0. The average molecular weight is 880 g/mol. The zero-order chi connectivity index (χ0) is 44.7. The Bertz CT molecular complexity index is 1410. The van der Waals surface area contributed by atoms with Gasteiger partial charge in [-0.05, 0) is 97.7 Å². The maximum Gasteiger partial charge on any atom is 0.509 e. The molecule has 0 heterocycles. The maximum absolute atomic E-state index is 13.3. The number of carbonyl (C=O) groups excluding carboxylic acids is 2. The molecule has 0 aromatic carbocycles. The lowest BCUT2D eigenvalue weighted by Gasteiger charge is -2.58. The molecule has 4 aliphatic rings. The fourth-order valence-corrected chi connectivity index (χ4v) is 12.7. The zero-order valence-electron chi connectivity index (χ0n) is 40.4. The molecule has 0 radical (unpaired) electrons. The van der Waals surface area contributed by atoms with Gasteiger partial charge in [0.05, 0.1) is 27.7 Å². The number of rotatable bonds is 28. The summed E-state index contributed by atoms with van der Waals surface area (Å²) < 4.78 is 40.4. The van der Waals surface area contributed by atoms with Crippen LogP contribution in [0.5, 0.6) is 0 Å². The number of likely N-dealkylation sites (N-methyl/N-ethyl adjacent to an activating group) is 1. The van der Waals surface area contributed by atoms with Crippen molar-refractivity contribution >= 4 is 19.9 Å². The average Bonchev–Trinajstić information content (AvgIpc) is 3.54. The van der Waals surface area contributed by atoms with Gasteiger partial charge in [0.25, 0.3) is 7.82 Å². The predicted molar refractivity (Wildman–Crippen MR) is 243 cm³/mol. The van der Waals surface area contributed by atoms with Crippen LogP contribution in [-0.2, 0) is 32.6 Å². The molecule has 11 heteroatoms. The van der Waals surface area contributed by atoms with Crippen LogP contribution in [-0.4, -0.2) is 76.3 Å². The van der Waals surface area contributed by atoms with Gasteiger partial charge < -0.3 is 32.6 Å². The molecule has 10 nitrogen and oxygen atoms in total. The molecule has 3 saturated carbocycles. The van der Waals surface area contributed by atoms with Crippen LogP contribution in [0, 0.1) is 46.3 Å². The van der Waals surface area contributed by atoms with Gasteiger partial charge in [0.2, 0.25) is 0 Å². The molecule has 0 aliphatic heterocycles. The molecule has 0 aromatic heterocycles. The third kappa shape index (κ3) is 16.5. The minimum atomic E-state index is -4.70.